The first-order valence-electron chi connectivity index (χ1n) is 9.26. The Morgan fingerprint density at radius 1 is 1.10 bits per heavy atom. The molecule has 2 N–H and O–H groups in total. The fourth-order valence-corrected chi connectivity index (χ4v) is 3.24. The Morgan fingerprint density at radius 2 is 1.84 bits per heavy atom. The zero-order valence-corrected chi connectivity index (χ0v) is 19.5. The van der Waals surface area contributed by atoms with E-state index >= 15 is 0 Å². The van der Waals surface area contributed by atoms with E-state index in [1.54, 1.807) is 30.3 Å². The molecule has 0 heterocycles. The van der Waals surface area contributed by atoms with Gasteiger partial charge >= 0.3 is 5.97 Å². The van der Waals surface area contributed by atoms with Crippen molar-refractivity contribution in [1.29, 1.82) is 0 Å². The maximum Gasteiger partial charge on any atom is 0.341 e. The van der Waals surface area contributed by atoms with Crippen LogP contribution in [0.3, 0.4) is 0 Å². The third-order valence-electron chi connectivity index (χ3n) is 3.86. The van der Waals surface area contributed by atoms with Crippen LogP contribution in [0.15, 0.2) is 35.4 Å². The van der Waals surface area contributed by atoms with Gasteiger partial charge in [-0.3, -0.25) is 4.79 Å². The summed E-state index contributed by atoms with van der Waals surface area (Å²) in [4.78, 5) is 23.1. The van der Waals surface area contributed by atoms with Crippen molar-refractivity contribution in [3.63, 3.8) is 0 Å². The SMILES string of the molecule is CCCOc1ccc(C(=O)N/N=C/c2cc(I)c(OCC(=O)O)c(OC)c2)cc1OC. The highest BCUT2D eigenvalue weighted by Crippen LogP contribution is 2.33. The van der Waals surface area contributed by atoms with Gasteiger partial charge in [0.1, 0.15) is 0 Å². The van der Waals surface area contributed by atoms with Gasteiger partial charge in [-0.15, -0.1) is 0 Å². The highest BCUT2D eigenvalue weighted by atomic mass is 127. The zero-order chi connectivity index (χ0) is 22.8. The van der Waals surface area contributed by atoms with Crippen molar-refractivity contribution < 1.29 is 33.6 Å². The van der Waals surface area contributed by atoms with Gasteiger partial charge in [-0.25, -0.2) is 10.2 Å². The molecule has 0 atom stereocenters. The Labute approximate surface area is 193 Å². The fraction of sp³-hybridized carbons (Fsp3) is 0.286. The molecule has 2 aromatic carbocycles. The van der Waals surface area contributed by atoms with E-state index in [-0.39, 0.29) is 0 Å². The summed E-state index contributed by atoms with van der Waals surface area (Å²) in [6.45, 7) is 2.07. The van der Waals surface area contributed by atoms with Crippen LogP contribution in [0.2, 0.25) is 0 Å². The summed E-state index contributed by atoms with van der Waals surface area (Å²) in [7, 11) is 2.95. The van der Waals surface area contributed by atoms with Crippen LogP contribution in [0.25, 0.3) is 0 Å². The molecule has 0 aliphatic heterocycles. The number of carbonyl (C=O) groups excluding carboxylic acids is 1. The van der Waals surface area contributed by atoms with E-state index in [2.05, 4.69) is 10.5 Å². The second-order valence-corrected chi connectivity index (χ2v) is 7.29. The standard InChI is InChI=1S/C21H23IN2O7/c1-4-7-30-16-6-5-14(10-17(16)28-2)21(27)24-23-11-13-8-15(22)20(18(9-13)29-3)31-12-19(25)26/h5-6,8-11H,4,7,12H2,1-3H3,(H,24,27)(H,25,26)/b23-11+. The average Bonchev–Trinajstić information content (AvgIpc) is 2.76. The van der Waals surface area contributed by atoms with Crippen LogP contribution in [0, 0.1) is 3.57 Å². The number of halogens is 1. The molecular formula is C21H23IN2O7. The van der Waals surface area contributed by atoms with Crippen LogP contribution < -0.4 is 24.4 Å². The first-order valence-corrected chi connectivity index (χ1v) is 10.3. The first-order chi connectivity index (χ1) is 14.9. The molecule has 1 amide bonds. The van der Waals surface area contributed by atoms with Gasteiger partial charge in [0.15, 0.2) is 29.6 Å². The number of carbonyl (C=O) groups is 2. The van der Waals surface area contributed by atoms with Crippen molar-refractivity contribution in [2.45, 2.75) is 13.3 Å². The number of amides is 1. The van der Waals surface area contributed by atoms with Crippen LogP contribution >= 0.6 is 22.6 Å². The lowest BCUT2D eigenvalue weighted by Gasteiger charge is -2.12. The summed E-state index contributed by atoms with van der Waals surface area (Å²) in [5, 5.41) is 12.8. The molecule has 0 aliphatic rings. The Balaban J connectivity index is 2.10. The zero-order valence-electron chi connectivity index (χ0n) is 17.3. The lowest BCUT2D eigenvalue weighted by atomic mass is 10.2. The van der Waals surface area contributed by atoms with Gasteiger partial charge in [0.2, 0.25) is 0 Å². The number of nitrogens with one attached hydrogen (secondary N) is 1. The quantitative estimate of drug-likeness (QED) is 0.254. The summed E-state index contributed by atoms with van der Waals surface area (Å²) in [6, 6.07) is 8.22. The Kier molecular flexibility index (Phi) is 9.38. The molecule has 0 unspecified atom stereocenters. The van der Waals surface area contributed by atoms with Crippen molar-refractivity contribution in [1.82, 2.24) is 5.43 Å². The monoisotopic (exact) mass is 542 g/mol. The minimum Gasteiger partial charge on any atom is -0.493 e. The van der Waals surface area contributed by atoms with E-state index in [0.29, 0.717) is 44.3 Å². The molecule has 0 saturated heterocycles. The number of nitrogens with zero attached hydrogens (tertiary/aromatic N) is 1. The van der Waals surface area contributed by atoms with Crippen LogP contribution in [0.4, 0.5) is 0 Å². The Hall–Kier alpha value is -3.02. The predicted octanol–water partition coefficient (Wildman–Crippen LogP) is 3.32. The van der Waals surface area contributed by atoms with E-state index in [9.17, 15) is 9.59 Å². The van der Waals surface area contributed by atoms with Crippen molar-refractivity contribution in [2.24, 2.45) is 5.10 Å². The van der Waals surface area contributed by atoms with Crippen LogP contribution in [0.1, 0.15) is 29.3 Å². The third-order valence-corrected chi connectivity index (χ3v) is 4.66. The molecule has 0 radical (unpaired) electrons. The van der Waals surface area contributed by atoms with Gasteiger partial charge in [-0.05, 0) is 64.9 Å². The second kappa shape index (κ2) is 12.0. The van der Waals surface area contributed by atoms with E-state index in [1.807, 2.05) is 29.5 Å². The number of carboxylic acid groups (broad SMARTS) is 1. The average molecular weight is 542 g/mol. The number of hydrogen-bond donors (Lipinski definition) is 2. The number of hydrogen-bond acceptors (Lipinski definition) is 7. The number of benzene rings is 2. The molecule has 0 spiro atoms. The Morgan fingerprint density at radius 3 is 2.48 bits per heavy atom. The number of methoxy groups -OCH3 is 2. The van der Waals surface area contributed by atoms with Crippen LogP contribution in [-0.4, -0.2) is 50.6 Å². The van der Waals surface area contributed by atoms with E-state index in [1.165, 1.54) is 20.4 Å². The largest absolute Gasteiger partial charge is 0.493 e. The van der Waals surface area contributed by atoms with Gasteiger partial charge in [0, 0.05) is 5.56 Å². The molecule has 9 nitrogen and oxygen atoms in total. The van der Waals surface area contributed by atoms with Gasteiger partial charge < -0.3 is 24.1 Å². The van der Waals surface area contributed by atoms with E-state index in [4.69, 9.17) is 24.1 Å². The normalized spacial score (nSPS) is 10.6. The molecule has 2 aromatic rings. The summed E-state index contributed by atoms with van der Waals surface area (Å²) in [6.07, 6.45) is 2.30. The molecule has 2 rings (SSSR count). The molecule has 166 valence electrons. The van der Waals surface area contributed by atoms with Gasteiger partial charge in [-0.2, -0.15) is 5.10 Å². The minimum absolute atomic E-state index is 0.323. The lowest BCUT2D eigenvalue weighted by Crippen LogP contribution is -2.17. The summed E-state index contributed by atoms with van der Waals surface area (Å²) in [5.74, 6) is 0.197. The van der Waals surface area contributed by atoms with Crippen molar-refractivity contribution in [2.75, 3.05) is 27.4 Å². The first kappa shape index (κ1) is 24.3. The Bertz CT molecular complexity index is 963. The predicted molar refractivity (Wildman–Crippen MR) is 123 cm³/mol. The lowest BCUT2D eigenvalue weighted by molar-refractivity contribution is -0.139. The third kappa shape index (κ3) is 7.02. The van der Waals surface area contributed by atoms with Gasteiger partial charge in [0.05, 0.1) is 30.6 Å². The number of hydrazone groups is 1. The topological polar surface area (TPSA) is 116 Å². The fourth-order valence-electron chi connectivity index (χ4n) is 2.46. The molecule has 31 heavy (non-hydrogen) atoms. The van der Waals surface area contributed by atoms with Crippen LogP contribution in [0.5, 0.6) is 23.0 Å². The number of ether oxygens (including phenoxy) is 4. The van der Waals surface area contributed by atoms with Crippen LogP contribution in [-0.2, 0) is 4.79 Å². The van der Waals surface area contributed by atoms with Crippen molar-refractivity contribution in [3.05, 3.63) is 45.0 Å². The second-order valence-electron chi connectivity index (χ2n) is 6.13. The summed E-state index contributed by atoms with van der Waals surface area (Å²) >= 11 is 2.00. The molecular weight excluding hydrogens is 519 g/mol. The van der Waals surface area contributed by atoms with Gasteiger partial charge in [0.25, 0.3) is 5.91 Å². The highest BCUT2D eigenvalue weighted by molar-refractivity contribution is 14.1. The molecule has 0 bridgehead atoms. The molecule has 0 saturated carbocycles. The smallest absolute Gasteiger partial charge is 0.341 e. The highest BCUT2D eigenvalue weighted by Gasteiger charge is 2.13. The van der Waals surface area contributed by atoms with Gasteiger partial charge in [-0.1, -0.05) is 6.92 Å². The van der Waals surface area contributed by atoms with E-state index < -0.39 is 18.5 Å². The van der Waals surface area contributed by atoms with E-state index in [0.717, 1.165) is 6.42 Å². The van der Waals surface area contributed by atoms with Crippen molar-refractivity contribution in [3.8, 4) is 23.0 Å². The molecule has 0 aromatic heterocycles. The summed E-state index contributed by atoms with van der Waals surface area (Å²) in [5.41, 5.74) is 3.45. The molecule has 10 heteroatoms. The number of aliphatic carboxylic acids is 1. The molecule has 0 aliphatic carbocycles. The summed E-state index contributed by atoms with van der Waals surface area (Å²) < 4.78 is 22.0. The maximum atomic E-state index is 12.4. The molecule has 0 fully saturated rings. The minimum atomic E-state index is -1.09. The number of rotatable bonds is 11. The maximum absolute atomic E-state index is 12.4. The van der Waals surface area contributed by atoms with Crippen molar-refractivity contribution >= 4 is 40.7 Å². The number of carboxylic acids is 1.